The van der Waals surface area contributed by atoms with Crippen LogP contribution in [0, 0.1) is 5.92 Å². The molecule has 4 N–H and O–H groups in total. The molecule has 2 aliphatic rings. The first-order valence-electron chi connectivity index (χ1n) is 11.0. The molecule has 2 aliphatic heterocycles. The Balaban J connectivity index is 0.00000204. The van der Waals surface area contributed by atoms with E-state index in [2.05, 4.69) is 4.90 Å². The van der Waals surface area contributed by atoms with E-state index in [4.69, 9.17) is 10.5 Å². The minimum Gasteiger partial charge on any atom is -0.504 e. The predicted molar refractivity (Wildman–Crippen MR) is 129 cm³/mol. The summed E-state index contributed by atoms with van der Waals surface area (Å²) in [5.41, 5.74) is 7.75. The number of fused-ring (bicyclic) bond motifs is 1. The fourth-order valence-corrected chi connectivity index (χ4v) is 4.85. The van der Waals surface area contributed by atoms with Crippen molar-refractivity contribution < 1.29 is 28.1 Å². The van der Waals surface area contributed by atoms with Crippen LogP contribution in [0.1, 0.15) is 41.2 Å². The summed E-state index contributed by atoms with van der Waals surface area (Å²) in [7, 11) is 0. The second-order valence-corrected chi connectivity index (χ2v) is 8.73. The maximum absolute atomic E-state index is 12.7. The molecule has 2 atom stereocenters. The lowest BCUT2D eigenvalue weighted by Crippen LogP contribution is -2.42. The molecule has 0 saturated carbocycles. The van der Waals surface area contributed by atoms with Gasteiger partial charge in [0, 0.05) is 25.1 Å². The van der Waals surface area contributed by atoms with E-state index in [1.807, 2.05) is 0 Å². The summed E-state index contributed by atoms with van der Waals surface area (Å²) in [5.74, 6) is 0.114. The highest BCUT2D eigenvalue weighted by molar-refractivity contribution is 5.85. The molecule has 0 aromatic heterocycles. The van der Waals surface area contributed by atoms with Gasteiger partial charge in [-0.1, -0.05) is 18.2 Å². The molecule has 4 rings (SSSR count). The average Bonchev–Trinajstić information content (AvgIpc) is 2.79. The third-order valence-corrected chi connectivity index (χ3v) is 6.76. The summed E-state index contributed by atoms with van der Waals surface area (Å²) in [6.07, 6.45) is -1.55. The van der Waals surface area contributed by atoms with Crippen molar-refractivity contribution >= 4 is 24.8 Å². The molecule has 2 aromatic carbocycles. The number of nitrogens with zero attached hydrogens (tertiary/aromatic N) is 1. The fourth-order valence-electron chi connectivity index (χ4n) is 4.85. The second kappa shape index (κ2) is 11.8. The Morgan fingerprint density at radius 3 is 2.24 bits per heavy atom. The summed E-state index contributed by atoms with van der Waals surface area (Å²) in [6, 6.07) is 8.62. The highest BCUT2D eigenvalue weighted by atomic mass is 35.5. The summed E-state index contributed by atoms with van der Waals surface area (Å²) in [6.45, 7) is 2.88. The Morgan fingerprint density at radius 2 is 1.65 bits per heavy atom. The zero-order valence-electron chi connectivity index (χ0n) is 18.6. The van der Waals surface area contributed by atoms with Crippen molar-refractivity contribution in [2.75, 3.05) is 26.2 Å². The zero-order valence-corrected chi connectivity index (χ0v) is 20.3. The Morgan fingerprint density at radius 1 is 1.00 bits per heavy atom. The van der Waals surface area contributed by atoms with Crippen LogP contribution in [0.4, 0.5) is 13.2 Å². The first-order chi connectivity index (χ1) is 15.3. The molecule has 2 aromatic rings. The van der Waals surface area contributed by atoms with E-state index >= 15 is 0 Å². The molecular formula is C24H31Cl2F3N2O3. The molecule has 34 heavy (non-hydrogen) atoms. The van der Waals surface area contributed by atoms with Gasteiger partial charge < -0.3 is 25.6 Å². The Labute approximate surface area is 209 Å². The summed E-state index contributed by atoms with van der Waals surface area (Å²) < 4.78 is 44.4. The molecule has 0 spiro atoms. The third-order valence-electron chi connectivity index (χ3n) is 6.76. The van der Waals surface area contributed by atoms with Crippen molar-refractivity contribution in [1.82, 2.24) is 4.90 Å². The number of nitrogens with two attached hydrogens (primary N) is 1. The first-order valence-corrected chi connectivity index (χ1v) is 11.0. The van der Waals surface area contributed by atoms with Crippen molar-refractivity contribution in [3.8, 4) is 11.5 Å². The Kier molecular flexibility index (Phi) is 9.91. The number of aromatic hydroxyl groups is 2. The van der Waals surface area contributed by atoms with Crippen LogP contribution < -0.4 is 5.73 Å². The number of halogens is 5. The molecule has 5 nitrogen and oxygen atoms in total. The van der Waals surface area contributed by atoms with Crippen LogP contribution in [0.15, 0.2) is 36.4 Å². The molecule has 0 radical (unpaired) electrons. The maximum Gasteiger partial charge on any atom is 0.416 e. The van der Waals surface area contributed by atoms with Gasteiger partial charge in [-0.3, -0.25) is 0 Å². The number of rotatable bonds is 5. The van der Waals surface area contributed by atoms with Crippen LogP contribution in [0.2, 0.25) is 0 Å². The highest BCUT2D eigenvalue weighted by Crippen LogP contribution is 2.42. The second-order valence-electron chi connectivity index (χ2n) is 8.73. The summed E-state index contributed by atoms with van der Waals surface area (Å²) in [4.78, 5) is 2.33. The molecule has 10 heteroatoms. The zero-order chi connectivity index (χ0) is 22.9. The van der Waals surface area contributed by atoms with Gasteiger partial charge in [0.05, 0.1) is 17.8 Å². The van der Waals surface area contributed by atoms with Crippen LogP contribution in [-0.2, 0) is 23.8 Å². The first kappa shape index (κ1) is 28.5. The van der Waals surface area contributed by atoms with Gasteiger partial charge in [0.25, 0.3) is 0 Å². The van der Waals surface area contributed by atoms with E-state index in [9.17, 15) is 23.4 Å². The topological polar surface area (TPSA) is 79.0 Å². The molecule has 190 valence electrons. The van der Waals surface area contributed by atoms with Gasteiger partial charge in [-0.05, 0) is 67.6 Å². The summed E-state index contributed by atoms with van der Waals surface area (Å²) in [5, 5.41) is 20.2. The van der Waals surface area contributed by atoms with Gasteiger partial charge in [0.2, 0.25) is 0 Å². The quantitative estimate of drug-likeness (QED) is 0.489. The normalized spacial score (nSPS) is 21.3. The summed E-state index contributed by atoms with van der Waals surface area (Å²) >= 11 is 0. The highest BCUT2D eigenvalue weighted by Gasteiger charge is 2.35. The SMILES string of the molecule is Cl.Cl.NCC1OC(C2CCN(CCc3ccc(C(F)(F)F)cc3)CC2)Cc2c1ccc(O)c2O. The lowest BCUT2D eigenvalue weighted by atomic mass is 9.83. The maximum atomic E-state index is 12.7. The number of alkyl halides is 3. The predicted octanol–water partition coefficient (Wildman–Crippen LogP) is 4.86. The van der Waals surface area contributed by atoms with E-state index in [-0.39, 0.29) is 48.5 Å². The molecule has 1 saturated heterocycles. The van der Waals surface area contributed by atoms with E-state index in [0.29, 0.717) is 25.3 Å². The van der Waals surface area contributed by atoms with Crippen LogP contribution in [0.5, 0.6) is 11.5 Å². The van der Waals surface area contributed by atoms with E-state index in [1.165, 1.54) is 6.07 Å². The Hall–Kier alpha value is -1.71. The van der Waals surface area contributed by atoms with E-state index < -0.39 is 11.7 Å². The van der Waals surface area contributed by atoms with Crippen molar-refractivity contribution in [3.63, 3.8) is 0 Å². The molecule has 1 fully saturated rings. The number of phenols is 2. The van der Waals surface area contributed by atoms with Crippen LogP contribution >= 0.6 is 24.8 Å². The number of hydrogen-bond donors (Lipinski definition) is 3. The molecule has 2 heterocycles. The van der Waals surface area contributed by atoms with Gasteiger partial charge >= 0.3 is 6.18 Å². The smallest absolute Gasteiger partial charge is 0.416 e. The fraction of sp³-hybridized carbons (Fsp3) is 0.500. The van der Waals surface area contributed by atoms with Gasteiger partial charge in [0.1, 0.15) is 0 Å². The molecule has 0 amide bonds. The number of likely N-dealkylation sites (tertiary alicyclic amines) is 1. The molecule has 0 aliphatic carbocycles. The number of ether oxygens (including phenoxy) is 1. The number of benzene rings is 2. The molecule has 0 bridgehead atoms. The van der Waals surface area contributed by atoms with Crippen molar-refractivity contribution in [3.05, 3.63) is 58.7 Å². The van der Waals surface area contributed by atoms with E-state index in [1.54, 1.807) is 18.2 Å². The minimum atomic E-state index is -4.30. The van der Waals surface area contributed by atoms with Crippen molar-refractivity contribution in [2.45, 2.75) is 44.1 Å². The standard InChI is InChI=1S/C24H29F3N2O3.2ClH/c25-24(26,27)17-3-1-15(2-4-17)7-10-29-11-8-16(9-12-29)21-13-19-18(22(14-28)32-21)5-6-20(30)23(19)31;;/h1-6,16,21-22,30-31H,7-14,28H2;2*1H. The number of hydrogen-bond acceptors (Lipinski definition) is 5. The minimum absolute atomic E-state index is 0. The van der Waals surface area contributed by atoms with Crippen LogP contribution in [0.25, 0.3) is 0 Å². The Bertz CT molecular complexity index is 936. The van der Waals surface area contributed by atoms with Crippen molar-refractivity contribution in [2.24, 2.45) is 11.7 Å². The van der Waals surface area contributed by atoms with Crippen molar-refractivity contribution in [1.29, 1.82) is 0 Å². The largest absolute Gasteiger partial charge is 0.504 e. The average molecular weight is 523 g/mol. The van der Waals surface area contributed by atoms with Gasteiger partial charge in [-0.2, -0.15) is 13.2 Å². The van der Waals surface area contributed by atoms with Crippen LogP contribution in [0.3, 0.4) is 0 Å². The van der Waals surface area contributed by atoms with Gasteiger partial charge in [-0.25, -0.2) is 0 Å². The lowest BCUT2D eigenvalue weighted by Gasteiger charge is -2.40. The number of phenolic OH excluding ortho intramolecular Hbond substituents is 2. The van der Waals surface area contributed by atoms with E-state index in [0.717, 1.165) is 61.3 Å². The molecular weight excluding hydrogens is 492 g/mol. The molecule has 2 unspecified atom stereocenters. The van der Waals surface area contributed by atoms with Crippen LogP contribution in [-0.4, -0.2) is 47.4 Å². The van der Waals surface area contributed by atoms with Gasteiger partial charge in [0.15, 0.2) is 11.5 Å². The lowest BCUT2D eigenvalue weighted by molar-refractivity contribution is -0.137. The number of piperidine rings is 1. The monoisotopic (exact) mass is 522 g/mol. The third kappa shape index (κ3) is 6.29. The van der Waals surface area contributed by atoms with Gasteiger partial charge in [-0.15, -0.1) is 24.8 Å².